The van der Waals surface area contributed by atoms with Crippen molar-refractivity contribution < 1.29 is 0 Å². The van der Waals surface area contributed by atoms with E-state index < -0.39 is 0 Å². The van der Waals surface area contributed by atoms with Crippen LogP contribution in [0.3, 0.4) is 0 Å². The first-order valence-corrected chi connectivity index (χ1v) is 4.68. The maximum atomic E-state index is 3.94. The lowest BCUT2D eigenvalue weighted by Gasteiger charge is -2.01. The van der Waals surface area contributed by atoms with E-state index in [4.69, 9.17) is 0 Å². The van der Waals surface area contributed by atoms with E-state index in [-0.39, 0.29) is 0 Å². The van der Waals surface area contributed by atoms with E-state index in [1.54, 1.807) is 0 Å². The molecule has 0 bridgehead atoms. The van der Waals surface area contributed by atoms with E-state index in [9.17, 15) is 0 Å². The van der Waals surface area contributed by atoms with E-state index in [1.165, 1.54) is 18.4 Å². The van der Waals surface area contributed by atoms with Crippen LogP contribution < -0.4 is 0 Å². The third kappa shape index (κ3) is 1.48. The summed E-state index contributed by atoms with van der Waals surface area (Å²) in [5.41, 5.74) is 2.56. The van der Waals surface area contributed by atoms with Crippen LogP contribution in [-0.2, 0) is 0 Å². The molecule has 0 amide bonds. The average Bonchev–Trinajstić information content (AvgIpc) is 2.77. The molecule has 1 radical (unpaired) electrons. The first kappa shape index (κ1) is 7.35. The molecule has 0 nitrogen and oxygen atoms in total. The third-order valence-corrected chi connectivity index (χ3v) is 2.89. The molecule has 0 aliphatic heterocycles. The fourth-order valence-electron chi connectivity index (χ4n) is 1.27. The predicted octanol–water partition coefficient (Wildman–Crippen LogP) is 3.51. The molecule has 1 heteroatoms. The lowest BCUT2D eigenvalue weighted by atomic mass is 10.1. The number of hydrogen-bond donors (Lipinski definition) is 0. The van der Waals surface area contributed by atoms with Crippen LogP contribution in [0, 0.1) is 6.92 Å². The normalized spacial score (nSPS) is 16.9. The van der Waals surface area contributed by atoms with Gasteiger partial charge in [0, 0.05) is 4.47 Å². The Morgan fingerprint density at radius 1 is 1.36 bits per heavy atom. The van der Waals surface area contributed by atoms with Crippen LogP contribution >= 0.6 is 15.9 Å². The number of benzene rings is 1. The van der Waals surface area contributed by atoms with Crippen LogP contribution in [0.1, 0.15) is 29.9 Å². The van der Waals surface area contributed by atoms with Crippen molar-refractivity contribution in [2.24, 2.45) is 0 Å². The van der Waals surface area contributed by atoms with Crippen molar-refractivity contribution >= 4 is 15.9 Å². The molecule has 0 spiro atoms. The standard InChI is InChI=1S/C10H10Br/c1-7-6-9(8-2-3-8)4-5-10(7)11/h4-6,8H,1-3H2. The summed E-state index contributed by atoms with van der Waals surface area (Å²) in [6.07, 6.45) is 2.72. The maximum Gasteiger partial charge on any atom is 0.0207 e. The van der Waals surface area contributed by atoms with Gasteiger partial charge in [0.05, 0.1) is 0 Å². The van der Waals surface area contributed by atoms with Gasteiger partial charge < -0.3 is 0 Å². The van der Waals surface area contributed by atoms with E-state index in [0.29, 0.717) is 0 Å². The monoisotopic (exact) mass is 209 g/mol. The Hall–Kier alpha value is -0.300. The molecule has 0 N–H and O–H groups in total. The molecule has 2 rings (SSSR count). The Bertz CT molecular complexity index is 274. The average molecular weight is 210 g/mol. The summed E-state index contributed by atoms with van der Waals surface area (Å²) in [5.74, 6) is 0.837. The Kier molecular flexibility index (Phi) is 1.76. The Morgan fingerprint density at radius 3 is 2.64 bits per heavy atom. The van der Waals surface area contributed by atoms with Gasteiger partial charge in [-0.05, 0) is 42.9 Å². The molecule has 0 unspecified atom stereocenters. The lowest BCUT2D eigenvalue weighted by Crippen LogP contribution is -1.81. The molecule has 1 aromatic rings. The minimum absolute atomic E-state index is 0.837. The van der Waals surface area contributed by atoms with Gasteiger partial charge in [-0.25, -0.2) is 0 Å². The Labute approximate surface area is 75.8 Å². The second-order valence-electron chi connectivity index (χ2n) is 3.13. The summed E-state index contributed by atoms with van der Waals surface area (Å²) >= 11 is 3.44. The number of hydrogen-bond acceptors (Lipinski definition) is 0. The van der Waals surface area contributed by atoms with Crippen molar-refractivity contribution in [1.82, 2.24) is 0 Å². The summed E-state index contributed by atoms with van der Waals surface area (Å²) in [7, 11) is 0. The molecule has 0 saturated heterocycles. The predicted molar refractivity (Wildman–Crippen MR) is 50.6 cm³/mol. The molecule has 1 aromatic carbocycles. The van der Waals surface area contributed by atoms with Crippen molar-refractivity contribution in [3.8, 4) is 0 Å². The largest absolute Gasteiger partial charge is 0.0576 e. The van der Waals surface area contributed by atoms with Crippen LogP contribution in [0.15, 0.2) is 22.7 Å². The van der Waals surface area contributed by atoms with Gasteiger partial charge in [0.15, 0.2) is 0 Å². The zero-order valence-corrected chi connectivity index (χ0v) is 7.89. The highest BCUT2D eigenvalue weighted by Crippen LogP contribution is 2.40. The summed E-state index contributed by atoms with van der Waals surface area (Å²) in [6.45, 7) is 3.94. The molecule has 1 aliphatic carbocycles. The highest BCUT2D eigenvalue weighted by atomic mass is 79.9. The van der Waals surface area contributed by atoms with Crippen molar-refractivity contribution in [2.75, 3.05) is 0 Å². The minimum Gasteiger partial charge on any atom is -0.0576 e. The van der Waals surface area contributed by atoms with E-state index in [1.807, 2.05) is 0 Å². The van der Waals surface area contributed by atoms with Gasteiger partial charge in [-0.3, -0.25) is 0 Å². The van der Waals surface area contributed by atoms with Crippen molar-refractivity contribution in [1.29, 1.82) is 0 Å². The van der Waals surface area contributed by atoms with Gasteiger partial charge in [-0.2, -0.15) is 0 Å². The zero-order chi connectivity index (χ0) is 7.84. The zero-order valence-electron chi connectivity index (χ0n) is 6.31. The second kappa shape index (κ2) is 2.63. The fraction of sp³-hybridized carbons (Fsp3) is 0.300. The first-order valence-electron chi connectivity index (χ1n) is 3.89. The van der Waals surface area contributed by atoms with Gasteiger partial charge in [0.1, 0.15) is 0 Å². The van der Waals surface area contributed by atoms with E-state index in [2.05, 4.69) is 41.1 Å². The molecule has 0 heterocycles. The molecular formula is C10H10Br. The third-order valence-electron chi connectivity index (χ3n) is 2.12. The van der Waals surface area contributed by atoms with Gasteiger partial charge >= 0.3 is 0 Å². The summed E-state index contributed by atoms with van der Waals surface area (Å²) < 4.78 is 1.11. The number of rotatable bonds is 1. The van der Waals surface area contributed by atoms with Gasteiger partial charge in [0.2, 0.25) is 0 Å². The highest BCUT2D eigenvalue weighted by molar-refractivity contribution is 9.10. The van der Waals surface area contributed by atoms with Gasteiger partial charge in [-0.1, -0.05) is 28.1 Å². The summed E-state index contributed by atoms with van der Waals surface area (Å²) in [6, 6.07) is 6.47. The quantitative estimate of drug-likeness (QED) is 0.665. The molecular weight excluding hydrogens is 200 g/mol. The van der Waals surface area contributed by atoms with E-state index in [0.717, 1.165) is 16.0 Å². The SMILES string of the molecule is [CH2]c1cc(C2CC2)ccc1Br. The van der Waals surface area contributed by atoms with Crippen LogP contribution in [0.2, 0.25) is 0 Å². The summed E-state index contributed by atoms with van der Waals surface area (Å²) in [5, 5.41) is 0. The Balaban J connectivity index is 2.36. The van der Waals surface area contributed by atoms with Crippen LogP contribution in [0.4, 0.5) is 0 Å². The smallest absolute Gasteiger partial charge is 0.0207 e. The molecule has 1 fully saturated rings. The van der Waals surface area contributed by atoms with Gasteiger partial charge in [-0.15, -0.1) is 0 Å². The molecule has 1 saturated carbocycles. The topological polar surface area (TPSA) is 0 Å². The van der Waals surface area contributed by atoms with Crippen molar-refractivity contribution in [3.63, 3.8) is 0 Å². The van der Waals surface area contributed by atoms with Crippen LogP contribution in [-0.4, -0.2) is 0 Å². The number of halogens is 1. The van der Waals surface area contributed by atoms with E-state index >= 15 is 0 Å². The van der Waals surface area contributed by atoms with Crippen LogP contribution in [0.5, 0.6) is 0 Å². The summed E-state index contributed by atoms with van der Waals surface area (Å²) in [4.78, 5) is 0. The van der Waals surface area contributed by atoms with Crippen molar-refractivity contribution in [3.05, 3.63) is 40.7 Å². The lowest BCUT2D eigenvalue weighted by molar-refractivity contribution is 1.12. The second-order valence-corrected chi connectivity index (χ2v) is 3.98. The minimum atomic E-state index is 0.837. The van der Waals surface area contributed by atoms with Gasteiger partial charge in [0.25, 0.3) is 0 Å². The maximum absolute atomic E-state index is 3.94. The molecule has 57 valence electrons. The first-order chi connectivity index (χ1) is 5.27. The molecule has 1 aliphatic rings. The molecule has 0 aromatic heterocycles. The fourth-order valence-corrected chi connectivity index (χ4v) is 1.51. The van der Waals surface area contributed by atoms with Crippen LogP contribution in [0.25, 0.3) is 0 Å². The Morgan fingerprint density at radius 2 is 2.09 bits per heavy atom. The molecule has 0 atom stereocenters. The van der Waals surface area contributed by atoms with Crippen molar-refractivity contribution in [2.45, 2.75) is 18.8 Å². The highest BCUT2D eigenvalue weighted by Gasteiger charge is 2.23. The molecule has 11 heavy (non-hydrogen) atoms.